The number of esters is 1. The van der Waals surface area contributed by atoms with Crippen molar-refractivity contribution >= 4 is 21.7 Å². The predicted molar refractivity (Wildman–Crippen MR) is 107 cm³/mol. The highest BCUT2D eigenvalue weighted by Crippen LogP contribution is 2.19. The standard InChI is InChI=1S/C20H25N3O5S/c1-13-18(14(2)23(22-13)17-7-5-4-6-8-17)11-19(24)28-15(3)20(25)21-16-9-10-29(26,27)12-16/h4-8,15-16H,9-12H2,1-3H3,(H,21,25)/t15-,16+/m0/s1. The van der Waals surface area contributed by atoms with Crippen molar-refractivity contribution in [2.24, 2.45) is 0 Å². The van der Waals surface area contributed by atoms with E-state index in [1.807, 2.05) is 44.2 Å². The van der Waals surface area contributed by atoms with Gasteiger partial charge >= 0.3 is 5.97 Å². The van der Waals surface area contributed by atoms with Crippen LogP contribution in [0.4, 0.5) is 0 Å². The van der Waals surface area contributed by atoms with Crippen molar-refractivity contribution in [1.29, 1.82) is 0 Å². The lowest BCUT2D eigenvalue weighted by atomic mass is 10.1. The SMILES string of the molecule is Cc1nn(-c2ccccc2)c(C)c1CC(=O)O[C@@H](C)C(=O)N[C@@H]1CCS(=O)(=O)C1. The van der Waals surface area contributed by atoms with E-state index in [1.165, 1.54) is 6.92 Å². The van der Waals surface area contributed by atoms with E-state index < -0.39 is 33.9 Å². The number of carbonyl (C=O) groups excluding carboxylic acids is 2. The Hall–Kier alpha value is -2.68. The number of benzene rings is 1. The highest BCUT2D eigenvalue weighted by molar-refractivity contribution is 7.91. The molecule has 1 saturated heterocycles. The first kappa shape index (κ1) is 21.0. The number of rotatable bonds is 6. The maximum Gasteiger partial charge on any atom is 0.311 e. The Morgan fingerprint density at radius 1 is 1.28 bits per heavy atom. The van der Waals surface area contributed by atoms with Crippen molar-refractivity contribution < 1.29 is 22.7 Å². The summed E-state index contributed by atoms with van der Waals surface area (Å²) in [5.41, 5.74) is 3.20. The maximum absolute atomic E-state index is 12.4. The fourth-order valence-electron chi connectivity index (χ4n) is 3.42. The minimum atomic E-state index is -3.09. The van der Waals surface area contributed by atoms with Crippen molar-refractivity contribution in [3.8, 4) is 5.69 Å². The van der Waals surface area contributed by atoms with Crippen LogP contribution in [-0.2, 0) is 30.6 Å². The van der Waals surface area contributed by atoms with Crippen LogP contribution in [0.15, 0.2) is 30.3 Å². The van der Waals surface area contributed by atoms with Crippen LogP contribution in [0.3, 0.4) is 0 Å². The zero-order chi connectivity index (χ0) is 21.2. The molecule has 2 aromatic rings. The quantitative estimate of drug-likeness (QED) is 0.707. The predicted octanol–water partition coefficient (Wildman–Crippen LogP) is 1.27. The molecule has 1 aromatic carbocycles. The Balaban J connectivity index is 1.60. The van der Waals surface area contributed by atoms with Gasteiger partial charge in [-0.05, 0) is 39.3 Å². The second kappa shape index (κ2) is 8.36. The van der Waals surface area contributed by atoms with Crippen molar-refractivity contribution in [2.75, 3.05) is 11.5 Å². The number of hydrogen-bond acceptors (Lipinski definition) is 6. The first-order chi connectivity index (χ1) is 13.7. The molecule has 1 aliphatic rings. The molecule has 1 fully saturated rings. The van der Waals surface area contributed by atoms with Gasteiger partial charge in [-0.1, -0.05) is 18.2 Å². The van der Waals surface area contributed by atoms with Crippen LogP contribution >= 0.6 is 0 Å². The van der Waals surface area contributed by atoms with Gasteiger partial charge in [0, 0.05) is 17.3 Å². The molecule has 29 heavy (non-hydrogen) atoms. The summed E-state index contributed by atoms with van der Waals surface area (Å²) in [5.74, 6) is -1.04. The largest absolute Gasteiger partial charge is 0.452 e. The highest BCUT2D eigenvalue weighted by atomic mass is 32.2. The number of ether oxygens (including phenoxy) is 1. The van der Waals surface area contributed by atoms with Gasteiger partial charge in [0.2, 0.25) is 0 Å². The molecular weight excluding hydrogens is 394 g/mol. The van der Waals surface area contributed by atoms with Gasteiger partial charge in [-0.15, -0.1) is 0 Å². The summed E-state index contributed by atoms with van der Waals surface area (Å²) in [6.45, 7) is 5.18. The highest BCUT2D eigenvalue weighted by Gasteiger charge is 2.31. The van der Waals surface area contributed by atoms with Crippen molar-refractivity contribution in [3.05, 3.63) is 47.3 Å². The van der Waals surface area contributed by atoms with E-state index in [9.17, 15) is 18.0 Å². The fourth-order valence-corrected chi connectivity index (χ4v) is 5.09. The van der Waals surface area contributed by atoms with Gasteiger partial charge < -0.3 is 10.1 Å². The number of para-hydroxylation sites is 1. The molecule has 0 saturated carbocycles. The van der Waals surface area contributed by atoms with E-state index in [0.29, 0.717) is 6.42 Å². The van der Waals surface area contributed by atoms with E-state index in [4.69, 9.17) is 4.74 Å². The van der Waals surface area contributed by atoms with Crippen LogP contribution in [0, 0.1) is 13.8 Å². The van der Waals surface area contributed by atoms with Gasteiger partial charge in [0.15, 0.2) is 15.9 Å². The Kier molecular flexibility index (Phi) is 6.07. The first-order valence-electron chi connectivity index (χ1n) is 9.47. The van der Waals surface area contributed by atoms with Gasteiger partial charge in [0.05, 0.1) is 29.3 Å². The molecule has 1 N–H and O–H groups in total. The third-order valence-corrected chi connectivity index (χ3v) is 6.79. The molecule has 0 spiro atoms. The minimum absolute atomic E-state index is 0.0000714. The number of amides is 1. The lowest BCUT2D eigenvalue weighted by molar-refractivity contribution is -0.154. The zero-order valence-corrected chi connectivity index (χ0v) is 17.5. The summed E-state index contributed by atoms with van der Waals surface area (Å²) in [6, 6.07) is 9.17. The Labute approximate surface area is 170 Å². The molecule has 2 atom stereocenters. The number of aromatic nitrogens is 2. The smallest absolute Gasteiger partial charge is 0.311 e. The van der Waals surface area contributed by atoms with Crippen molar-refractivity contribution in [1.82, 2.24) is 15.1 Å². The topological polar surface area (TPSA) is 107 Å². The molecular formula is C20H25N3O5S. The number of aryl methyl sites for hydroxylation is 1. The van der Waals surface area contributed by atoms with Gasteiger partial charge in [-0.25, -0.2) is 13.1 Å². The van der Waals surface area contributed by atoms with Gasteiger partial charge in [0.1, 0.15) is 0 Å². The molecule has 9 heteroatoms. The summed E-state index contributed by atoms with van der Waals surface area (Å²) in [5, 5.41) is 7.14. The molecule has 0 bridgehead atoms. The normalized spacial score (nSPS) is 18.9. The van der Waals surface area contributed by atoms with Gasteiger partial charge in [-0.3, -0.25) is 9.59 Å². The van der Waals surface area contributed by atoms with Crippen LogP contribution in [-0.4, -0.2) is 53.7 Å². The molecule has 8 nitrogen and oxygen atoms in total. The number of nitrogens with zero attached hydrogens (tertiary/aromatic N) is 2. The summed E-state index contributed by atoms with van der Waals surface area (Å²) in [4.78, 5) is 24.6. The van der Waals surface area contributed by atoms with Crippen LogP contribution in [0.1, 0.15) is 30.3 Å². The fraction of sp³-hybridized carbons (Fsp3) is 0.450. The average Bonchev–Trinajstić information content (AvgIpc) is 3.15. The third kappa shape index (κ3) is 5.03. The summed E-state index contributed by atoms with van der Waals surface area (Å²) >= 11 is 0. The Morgan fingerprint density at radius 2 is 1.97 bits per heavy atom. The van der Waals surface area contributed by atoms with Crippen LogP contribution in [0.5, 0.6) is 0 Å². The second-order valence-corrected chi connectivity index (χ2v) is 9.54. The number of nitrogens with one attached hydrogen (secondary N) is 1. The molecule has 1 amide bonds. The summed E-state index contributed by atoms with van der Waals surface area (Å²) in [6.07, 6.45) is -0.623. The average molecular weight is 420 g/mol. The molecule has 3 rings (SSSR count). The van der Waals surface area contributed by atoms with Gasteiger partial charge in [0.25, 0.3) is 5.91 Å². The van der Waals surface area contributed by atoms with E-state index in [-0.39, 0.29) is 17.9 Å². The molecule has 0 radical (unpaired) electrons. The number of hydrogen-bond donors (Lipinski definition) is 1. The van der Waals surface area contributed by atoms with E-state index in [2.05, 4.69) is 10.4 Å². The molecule has 156 valence electrons. The first-order valence-corrected chi connectivity index (χ1v) is 11.3. The minimum Gasteiger partial charge on any atom is -0.452 e. The molecule has 2 heterocycles. The maximum atomic E-state index is 12.4. The van der Waals surface area contributed by atoms with Crippen molar-refractivity contribution in [2.45, 2.75) is 45.8 Å². The monoisotopic (exact) mass is 419 g/mol. The third-order valence-electron chi connectivity index (χ3n) is 5.02. The molecule has 0 unspecified atom stereocenters. The number of sulfone groups is 1. The van der Waals surface area contributed by atoms with Crippen LogP contribution in [0.2, 0.25) is 0 Å². The molecule has 1 aliphatic heterocycles. The zero-order valence-electron chi connectivity index (χ0n) is 16.7. The Bertz CT molecular complexity index is 1010. The lowest BCUT2D eigenvalue weighted by Crippen LogP contribution is -2.42. The van der Waals surface area contributed by atoms with E-state index in [1.54, 1.807) is 4.68 Å². The van der Waals surface area contributed by atoms with Crippen LogP contribution in [0.25, 0.3) is 5.69 Å². The lowest BCUT2D eigenvalue weighted by Gasteiger charge is -2.16. The summed E-state index contributed by atoms with van der Waals surface area (Å²) < 4.78 is 30.0. The summed E-state index contributed by atoms with van der Waals surface area (Å²) in [7, 11) is -3.09. The number of carbonyl (C=O) groups is 2. The Morgan fingerprint density at radius 3 is 2.59 bits per heavy atom. The van der Waals surface area contributed by atoms with Crippen molar-refractivity contribution in [3.63, 3.8) is 0 Å². The molecule has 0 aliphatic carbocycles. The van der Waals surface area contributed by atoms with E-state index >= 15 is 0 Å². The molecule has 1 aromatic heterocycles. The van der Waals surface area contributed by atoms with Crippen LogP contribution < -0.4 is 5.32 Å². The van der Waals surface area contributed by atoms with Gasteiger partial charge in [-0.2, -0.15) is 5.10 Å². The second-order valence-electron chi connectivity index (χ2n) is 7.31. The van der Waals surface area contributed by atoms with E-state index in [0.717, 1.165) is 22.6 Å².